The fourth-order valence-corrected chi connectivity index (χ4v) is 1.91. The van der Waals surface area contributed by atoms with Crippen LogP contribution in [0.3, 0.4) is 0 Å². The highest BCUT2D eigenvalue weighted by atomic mass is 19.3. The molecule has 72 valence electrons. The molecule has 1 nitrogen and oxygen atoms in total. The predicted octanol–water partition coefficient (Wildman–Crippen LogP) is 2.51. The second-order valence-corrected chi connectivity index (χ2v) is 3.89. The summed E-state index contributed by atoms with van der Waals surface area (Å²) in [6, 6.07) is 0.323. The van der Waals surface area contributed by atoms with E-state index in [1.165, 1.54) is 0 Å². The molecule has 0 unspecified atom stereocenters. The zero-order valence-electron chi connectivity index (χ0n) is 7.98. The van der Waals surface area contributed by atoms with E-state index in [1.54, 1.807) is 0 Å². The van der Waals surface area contributed by atoms with Gasteiger partial charge in [0.25, 0.3) is 5.92 Å². The summed E-state index contributed by atoms with van der Waals surface area (Å²) in [5, 5.41) is 0. The van der Waals surface area contributed by atoms with Gasteiger partial charge in [-0.15, -0.1) is 0 Å². The van der Waals surface area contributed by atoms with Gasteiger partial charge in [-0.25, -0.2) is 8.78 Å². The molecule has 3 heteroatoms. The Morgan fingerprint density at radius 1 is 1.50 bits per heavy atom. The summed E-state index contributed by atoms with van der Waals surface area (Å²) >= 11 is 0. The van der Waals surface area contributed by atoms with Gasteiger partial charge in [-0.2, -0.15) is 0 Å². The summed E-state index contributed by atoms with van der Waals surface area (Å²) in [6.07, 6.45) is 0.870. The van der Waals surface area contributed by atoms with Crippen molar-refractivity contribution in [2.75, 3.05) is 6.54 Å². The van der Waals surface area contributed by atoms with E-state index in [0.717, 1.165) is 6.42 Å². The number of hydrogen-bond acceptors (Lipinski definition) is 1. The summed E-state index contributed by atoms with van der Waals surface area (Å²) in [5.41, 5.74) is 0. The van der Waals surface area contributed by atoms with Gasteiger partial charge in [-0.3, -0.25) is 4.90 Å². The van der Waals surface area contributed by atoms with E-state index < -0.39 is 5.92 Å². The lowest BCUT2D eigenvalue weighted by atomic mass is 10.1. The first kappa shape index (κ1) is 9.90. The minimum Gasteiger partial charge on any atom is -0.292 e. The molecule has 0 aromatic rings. The van der Waals surface area contributed by atoms with Crippen molar-refractivity contribution in [3.8, 4) is 0 Å². The van der Waals surface area contributed by atoms with Crippen LogP contribution in [-0.2, 0) is 0 Å². The van der Waals surface area contributed by atoms with E-state index >= 15 is 0 Å². The Morgan fingerprint density at radius 2 is 2.08 bits per heavy atom. The second-order valence-electron chi connectivity index (χ2n) is 3.89. The average Bonchev–Trinajstić information content (AvgIpc) is 2.25. The molecule has 0 radical (unpaired) electrons. The molecule has 1 aliphatic rings. The number of likely N-dealkylation sites (tertiary alicyclic amines) is 1. The molecule has 0 N–H and O–H groups in total. The Labute approximate surface area is 72.7 Å². The fourth-order valence-electron chi connectivity index (χ4n) is 1.91. The number of alkyl halides is 2. The van der Waals surface area contributed by atoms with Gasteiger partial charge in [0.2, 0.25) is 0 Å². The average molecular weight is 177 g/mol. The van der Waals surface area contributed by atoms with Crippen LogP contribution in [-0.4, -0.2) is 29.5 Å². The normalized spacial score (nSPS) is 30.0. The molecule has 1 aliphatic heterocycles. The van der Waals surface area contributed by atoms with Crippen LogP contribution in [0.15, 0.2) is 0 Å². The van der Waals surface area contributed by atoms with Crippen LogP contribution in [0.5, 0.6) is 0 Å². The molecule has 1 heterocycles. The van der Waals surface area contributed by atoms with Crippen LogP contribution in [0.2, 0.25) is 0 Å². The summed E-state index contributed by atoms with van der Waals surface area (Å²) in [7, 11) is 0. The van der Waals surface area contributed by atoms with Gasteiger partial charge in [-0.05, 0) is 20.3 Å². The third-order valence-corrected chi connectivity index (χ3v) is 2.55. The third-order valence-electron chi connectivity index (χ3n) is 2.55. The smallest absolute Gasteiger partial charge is 0.262 e. The summed E-state index contributed by atoms with van der Waals surface area (Å²) in [5.74, 6) is -2.45. The van der Waals surface area contributed by atoms with Crippen molar-refractivity contribution < 1.29 is 8.78 Å². The van der Waals surface area contributed by atoms with Crippen molar-refractivity contribution in [3.05, 3.63) is 0 Å². The maximum atomic E-state index is 13.0. The Bertz CT molecular complexity index is 157. The van der Waals surface area contributed by atoms with Crippen LogP contribution >= 0.6 is 0 Å². The van der Waals surface area contributed by atoms with E-state index in [-0.39, 0.29) is 25.0 Å². The van der Waals surface area contributed by atoms with Gasteiger partial charge >= 0.3 is 0 Å². The van der Waals surface area contributed by atoms with Crippen molar-refractivity contribution in [2.24, 2.45) is 0 Å². The quantitative estimate of drug-likeness (QED) is 0.626. The van der Waals surface area contributed by atoms with Gasteiger partial charge in [0.1, 0.15) is 0 Å². The highest BCUT2D eigenvalue weighted by molar-refractivity contribution is 4.90. The first-order valence-corrected chi connectivity index (χ1v) is 4.60. The second kappa shape index (κ2) is 3.29. The largest absolute Gasteiger partial charge is 0.292 e. The summed E-state index contributed by atoms with van der Waals surface area (Å²) in [4.78, 5) is 1.90. The van der Waals surface area contributed by atoms with E-state index in [4.69, 9.17) is 0 Å². The molecule has 1 fully saturated rings. The zero-order chi connectivity index (χ0) is 9.35. The number of halogens is 2. The molecule has 12 heavy (non-hydrogen) atoms. The minimum absolute atomic E-state index is 0.0433. The van der Waals surface area contributed by atoms with Crippen molar-refractivity contribution in [1.82, 2.24) is 4.90 Å². The molecular formula is C9H17F2N. The van der Waals surface area contributed by atoms with E-state index in [2.05, 4.69) is 0 Å². The summed E-state index contributed by atoms with van der Waals surface area (Å²) < 4.78 is 25.9. The Kier molecular flexibility index (Phi) is 2.71. The van der Waals surface area contributed by atoms with Gasteiger partial charge in [0, 0.05) is 18.5 Å². The van der Waals surface area contributed by atoms with Crippen molar-refractivity contribution >= 4 is 0 Å². The number of rotatable bonds is 2. The zero-order valence-corrected chi connectivity index (χ0v) is 7.98. The van der Waals surface area contributed by atoms with Crippen LogP contribution in [0.4, 0.5) is 8.78 Å². The molecule has 1 saturated heterocycles. The van der Waals surface area contributed by atoms with Crippen molar-refractivity contribution in [2.45, 2.75) is 51.6 Å². The standard InChI is InChI=1S/C9H17F2N/c1-4-8-5-9(10,11)6-12(8)7(2)3/h7-8H,4-6H2,1-3H3/t8-/m1/s1. The van der Waals surface area contributed by atoms with E-state index in [9.17, 15) is 8.78 Å². The van der Waals surface area contributed by atoms with Crippen molar-refractivity contribution in [3.63, 3.8) is 0 Å². The third kappa shape index (κ3) is 1.94. The predicted molar refractivity (Wildman–Crippen MR) is 45.5 cm³/mol. The van der Waals surface area contributed by atoms with Gasteiger partial charge in [0.05, 0.1) is 6.54 Å². The van der Waals surface area contributed by atoms with Crippen LogP contribution in [0.25, 0.3) is 0 Å². The molecular weight excluding hydrogens is 160 g/mol. The van der Waals surface area contributed by atoms with Gasteiger partial charge in [-0.1, -0.05) is 6.92 Å². The molecule has 0 aliphatic carbocycles. The number of nitrogens with zero attached hydrogens (tertiary/aromatic N) is 1. The Hall–Kier alpha value is -0.180. The van der Waals surface area contributed by atoms with Crippen LogP contribution < -0.4 is 0 Å². The molecule has 0 aromatic carbocycles. The van der Waals surface area contributed by atoms with E-state index in [0.29, 0.717) is 0 Å². The van der Waals surface area contributed by atoms with E-state index in [1.807, 2.05) is 25.7 Å². The lowest BCUT2D eigenvalue weighted by Gasteiger charge is -2.26. The Morgan fingerprint density at radius 3 is 2.42 bits per heavy atom. The fraction of sp³-hybridized carbons (Fsp3) is 1.00. The topological polar surface area (TPSA) is 3.24 Å². The van der Waals surface area contributed by atoms with Crippen molar-refractivity contribution in [1.29, 1.82) is 0 Å². The van der Waals surface area contributed by atoms with Crippen LogP contribution in [0.1, 0.15) is 33.6 Å². The summed E-state index contributed by atoms with van der Waals surface area (Å²) in [6.45, 7) is 5.87. The SMILES string of the molecule is CC[C@@H]1CC(F)(F)CN1C(C)C. The molecule has 0 aromatic heterocycles. The molecule has 0 amide bonds. The lowest BCUT2D eigenvalue weighted by molar-refractivity contribution is 0.00918. The first-order chi connectivity index (χ1) is 5.46. The molecule has 1 rings (SSSR count). The maximum absolute atomic E-state index is 13.0. The molecule has 1 atom stereocenters. The van der Waals surface area contributed by atoms with Gasteiger partial charge in [0.15, 0.2) is 0 Å². The first-order valence-electron chi connectivity index (χ1n) is 4.60. The monoisotopic (exact) mass is 177 g/mol. The lowest BCUT2D eigenvalue weighted by Crippen LogP contribution is -2.36. The van der Waals surface area contributed by atoms with Crippen LogP contribution in [0, 0.1) is 0 Å². The highest BCUT2D eigenvalue weighted by Gasteiger charge is 2.44. The highest BCUT2D eigenvalue weighted by Crippen LogP contribution is 2.34. The molecule has 0 saturated carbocycles. The Balaban J connectivity index is 2.63. The number of hydrogen-bond donors (Lipinski definition) is 0. The van der Waals surface area contributed by atoms with Gasteiger partial charge < -0.3 is 0 Å². The minimum atomic E-state index is -2.45. The molecule has 0 spiro atoms. The molecule has 0 bridgehead atoms. The maximum Gasteiger partial charge on any atom is 0.262 e.